The van der Waals surface area contributed by atoms with Crippen LogP contribution in [-0.4, -0.2) is 39.9 Å². The molecule has 2 N–H and O–H groups in total. The first kappa shape index (κ1) is 15.3. The second-order valence-corrected chi connectivity index (χ2v) is 6.49. The molecule has 0 radical (unpaired) electrons. The van der Waals surface area contributed by atoms with Crippen molar-refractivity contribution in [2.45, 2.75) is 17.6 Å². The van der Waals surface area contributed by atoms with E-state index in [2.05, 4.69) is 0 Å². The van der Waals surface area contributed by atoms with Gasteiger partial charge in [0.2, 0.25) is 0 Å². The quantitative estimate of drug-likeness (QED) is 0.871. The van der Waals surface area contributed by atoms with Crippen molar-refractivity contribution < 1.29 is 9.18 Å². The monoisotopic (exact) mass is 312 g/mol. The van der Waals surface area contributed by atoms with Crippen LogP contribution in [0.15, 0.2) is 24.3 Å². The number of hydrogen-bond acceptors (Lipinski definition) is 3. The van der Waals surface area contributed by atoms with Gasteiger partial charge in [-0.05, 0) is 43.4 Å². The SMILES string of the molecule is CSC1(C(N)=S)CCN(C(=O)c2ccc(F)cc2)CC1. The number of thioether (sulfide) groups is 1. The van der Waals surface area contributed by atoms with Crippen LogP contribution in [0.2, 0.25) is 0 Å². The Balaban J connectivity index is 2.05. The van der Waals surface area contributed by atoms with E-state index in [4.69, 9.17) is 18.0 Å². The van der Waals surface area contributed by atoms with E-state index in [0.29, 0.717) is 23.6 Å². The highest BCUT2D eigenvalue weighted by atomic mass is 32.2. The van der Waals surface area contributed by atoms with E-state index in [1.807, 2.05) is 6.26 Å². The van der Waals surface area contributed by atoms with Crippen molar-refractivity contribution in [1.29, 1.82) is 0 Å². The first-order valence-electron chi connectivity index (χ1n) is 6.38. The zero-order valence-corrected chi connectivity index (χ0v) is 12.9. The van der Waals surface area contributed by atoms with Crippen LogP contribution in [0.5, 0.6) is 0 Å². The number of benzene rings is 1. The highest BCUT2D eigenvalue weighted by Crippen LogP contribution is 2.35. The Labute approximate surface area is 127 Å². The second kappa shape index (κ2) is 6.10. The fourth-order valence-corrected chi connectivity index (χ4v) is 3.64. The highest BCUT2D eigenvalue weighted by molar-refractivity contribution is 8.02. The fourth-order valence-electron chi connectivity index (χ4n) is 2.40. The highest BCUT2D eigenvalue weighted by Gasteiger charge is 2.37. The molecule has 0 unspecified atom stereocenters. The van der Waals surface area contributed by atoms with Crippen molar-refractivity contribution in [2.24, 2.45) is 5.73 Å². The Hall–Kier alpha value is -1.14. The molecule has 1 aromatic carbocycles. The second-order valence-electron chi connectivity index (χ2n) is 4.86. The molecule has 0 bridgehead atoms. The lowest BCUT2D eigenvalue weighted by atomic mass is 9.95. The molecule has 1 aliphatic heterocycles. The molecule has 1 amide bonds. The molecule has 1 aromatic rings. The summed E-state index contributed by atoms with van der Waals surface area (Å²) in [6.07, 6.45) is 3.52. The molecule has 1 fully saturated rings. The number of nitrogens with zero attached hydrogens (tertiary/aromatic N) is 1. The third-order valence-electron chi connectivity index (χ3n) is 3.79. The van der Waals surface area contributed by atoms with Crippen LogP contribution in [-0.2, 0) is 0 Å². The van der Waals surface area contributed by atoms with Gasteiger partial charge in [0.25, 0.3) is 5.91 Å². The summed E-state index contributed by atoms with van der Waals surface area (Å²) < 4.78 is 12.7. The predicted octanol–water partition coefficient (Wildman–Crippen LogP) is 2.45. The van der Waals surface area contributed by atoms with Gasteiger partial charge in [-0.2, -0.15) is 11.8 Å². The lowest BCUT2D eigenvalue weighted by molar-refractivity contribution is 0.0719. The zero-order chi connectivity index (χ0) is 14.8. The standard InChI is InChI=1S/C14H17FN2OS2/c1-20-14(13(16)19)6-8-17(9-7-14)12(18)10-2-4-11(15)5-3-10/h2-5H,6-9H2,1H3,(H2,16,19). The largest absolute Gasteiger partial charge is 0.392 e. The average Bonchev–Trinajstić information content (AvgIpc) is 2.47. The van der Waals surface area contributed by atoms with Gasteiger partial charge in [0, 0.05) is 18.7 Å². The summed E-state index contributed by atoms with van der Waals surface area (Å²) in [6.45, 7) is 1.24. The Morgan fingerprint density at radius 1 is 1.35 bits per heavy atom. The van der Waals surface area contributed by atoms with Crippen LogP contribution in [0.3, 0.4) is 0 Å². The number of nitrogens with two attached hydrogens (primary N) is 1. The van der Waals surface area contributed by atoms with Crippen molar-refractivity contribution in [3.63, 3.8) is 0 Å². The van der Waals surface area contributed by atoms with Crippen molar-refractivity contribution in [1.82, 2.24) is 4.90 Å². The van der Waals surface area contributed by atoms with Crippen LogP contribution < -0.4 is 5.73 Å². The number of amides is 1. The first-order valence-corrected chi connectivity index (χ1v) is 8.02. The molecule has 0 aliphatic carbocycles. The molecule has 1 aliphatic rings. The van der Waals surface area contributed by atoms with Crippen LogP contribution in [0.4, 0.5) is 4.39 Å². The molecule has 0 atom stereocenters. The minimum Gasteiger partial charge on any atom is -0.392 e. The molecule has 1 heterocycles. The van der Waals surface area contributed by atoms with E-state index in [1.54, 1.807) is 16.7 Å². The summed E-state index contributed by atoms with van der Waals surface area (Å²) in [5.74, 6) is -0.405. The van der Waals surface area contributed by atoms with E-state index in [9.17, 15) is 9.18 Å². The van der Waals surface area contributed by atoms with Crippen molar-refractivity contribution in [3.05, 3.63) is 35.6 Å². The predicted molar refractivity (Wildman–Crippen MR) is 84.6 cm³/mol. The van der Waals surface area contributed by atoms with Gasteiger partial charge in [-0.15, -0.1) is 0 Å². The molecule has 0 saturated carbocycles. The Bertz CT molecular complexity index is 510. The summed E-state index contributed by atoms with van der Waals surface area (Å²) in [7, 11) is 0. The number of carbonyl (C=O) groups is 1. The van der Waals surface area contributed by atoms with Gasteiger partial charge in [-0.25, -0.2) is 4.39 Å². The maximum atomic E-state index is 12.9. The number of rotatable bonds is 3. The number of thiocarbonyl (C=S) groups is 1. The van der Waals surface area contributed by atoms with E-state index in [-0.39, 0.29) is 16.5 Å². The van der Waals surface area contributed by atoms with Crippen molar-refractivity contribution >= 4 is 34.9 Å². The number of likely N-dealkylation sites (tertiary alicyclic amines) is 1. The number of hydrogen-bond donors (Lipinski definition) is 1. The van der Waals surface area contributed by atoms with Crippen LogP contribution >= 0.6 is 24.0 Å². The van der Waals surface area contributed by atoms with E-state index in [0.717, 1.165) is 12.8 Å². The zero-order valence-electron chi connectivity index (χ0n) is 11.3. The summed E-state index contributed by atoms with van der Waals surface area (Å²) in [5, 5.41) is 0. The smallest absolute Gasteiger partial charge is 0.253 e. The lowest BCUT2D eigenvalue weighted by Gasteiger charge is -2.40. The van der Waals surface area contributed by atoms with Gasteiger partial charge in [-0.3, -0.25) is 4.79 Å². The summed E-state index contributed by atoms with van der Waals surface area (Å²) in [4.78, 5) is 14.6. The number of halogens is 1. The van der Waals surface area contributed by atoms with E-state index >= 15 is 0 Å². The molecule has 3 nitrogen and oxygen atoms in total. The Morgan fingerprint density at radius 2 is 1.90 bits per heavy atom. The van der Waals surface area contributed by atoms with E-state index < -0.39 is 0 Å². The number of carbonyl (C=O) groups excluding carboxylic acids is 1. The fraction of sp³-hybridized carbons (Fsp3) is 0.429. The third-order valence-corrected chi connectivity index (χ3v) is 5.72. The molecule has 0 spiro atoms. The van der Waals surface area contributed by atoms with E-state index in [1.165, 1.54) is 24.3 Å². The third kappa shape index (κ3) is 2.96. The van der Waals surface area contributed by atoms with Gasteiger partial charge in [0.05, 0.1) is 9.74 Å². The van der Waals surface area contributed by atoms with Crippen LogP contribution in [0, 0.1) is 5.82 Å². The number of piperidine rings is 1. The van der Waals surface area contributed by atoms with Crippen LogP contribution in [0.25, 0.3) is 0 Å². The topological polar surface area (TPSA) is 46.3 Å². The minimum atomic E-state index is -0.338. The molecular weight excluding hydrogens is 295 g/mol. The molecule has 2 rings (SSSR count). The van der Waals surface area contributed by atoms with Gasteiger partial charge >= 0.3 is 0 Å². The minimum absolute atomic E-state index is 0.0670. The van der Waals surface area contributed by atoms with Gasteiger partial charge < -0.3 is 10.6 Å². The molecule has 6 heteroatoms. The summed E-state index contributed by atoms with van der Waals surface area (Å²) >= 11 is 6.81. The molecule has 1 saturated heterocycles. The molecule has 0 aromatic heterocycles. The Morgan fingerprint density at radius 3 is 2.35 bits per heavy atom. The van der Waals surface area contributed by atoms with Gasteiger partial charge in [-0.1, -0.05) is 12.2 Å². The van der Waals surface area contributed by atoms with Crippen molar-refractivity contribution in [2.75, 3.05) is 19.3 Å². The molecule has 108 valence electrons. The normalized spacial score (nSPS) is 17.8. The molecule has 20 heavy (non-hydrogen) atoms. The average molecular weight is 312 g/mol. The summed E-state index contributed by atoms with van der Waals surface area (Å²) in [5.41, 5.74) is 6.34. The lowest BCUT2D eigenvalue weighted by Crippen LogP contribution is -2.50. The van der Waals surface area contributed by atoms with Crippen molar-refractivity contribution in [3.8, 4) is 0 Å². The maximum Gasteiger partial charge on any atom is 0.253 e. The van der Waals surface area contributed by atoms with Gasteiger partial charge in [0.15, 0.2) is 0 Å². The molecular formula is C14H17FN2OS2. The summed E-state index contributed by atoms with van der Waals surface area (Å²) in [6, 6.07) is 5.64. The van der Waals surface area contributed by atoms with Gasteiger partial charge in [0.1, 0.15) is 5.82 Å². The maximum absolute atomic E-state index is 12.9. The van der Waals surface area contributed by atoms with Crippen LogP contribution in [0.1, 0.15) is 23.2 Å². The Kier molecular flexibility index (Phi) is 4.65. The first-order chi connectivity index (χ1) is 9.48.